The first-order valence-electron chi connectivity index (χ1n) is 7.05. The number of hydrogen-bond acceptors (Lipinski definition) is 6. The minimum absolute atomic E-state index is 0.439. The summed E-state index contributed by atoms with van der Waals surface area (Å²) in [6.07, 6.45) is 0.726. The molecule has 2 rings (SSSR count). The molecule has 1 unspecified atom stereocenters. The second kappa shape index (κ2) is 7.35. The standard InChI is InChI=1S/C16H18N4O3/c1-10-8-11(2)19-16(18-10)20-17-9-13-4-6-14(7-5-13)23-12(3)15(21)22/h4-9,12H,1-3H3,(H,21,22)(H,18,19,20)/b17-9+. The predicted octanol–water partition coefficient (Wildman–Crippen LogP) is 2.39. The first kappa shape index (κ1) is 16.4. The fourth-order valence-corrected chi connectivity index (χ4v) is 1.83. The molecular formula is C16H18N4O3. The summed E-state index contributed by atoms with van der Waals surface area (Å²) in [5, 5.41) is 12.9. The van der Waals surface area contributed by atoms with E-state index in [2.05, 4.69) is 20.5 Å². The van der Waals surface area contributed by atoms with Crippen molar-refractivity contribution in [1.29, 1.82) is 0 Å². The van der Waals surface area contributed by atoms with Gasteiger partial charge in [-0.05, 0) is 56.7 Å². The van der Waals surface area contributed by atoms with Crippen LogP contribution in [0, 0.1) is 13.8 Å². The number of aliphatic carboxylic acids is 1. The van der Waals surface area contributed by atoms with Crippen molar-refractivity contribution in [2.45, 2.75) is 26.9 Å². The Bertz CT molecular complexity index is 694. The molecule has 0 bridgehead atoms. The molecule has 7 nitrogen and oxygen atoms in total. The maximum absolute atomic E-state index is 10.7. The minimum atomic E-state index is -1.01. The number of carboxylic acids is 1. The first-order valence-corrected chi connectivity index (χ1v) is 7.05. The summed E-state index contributed by atoms with van der Waals surface area (Å²) in [5.74, 6) is -0.0788. The van der Waals surface area contributed by atoms with E-state index in [1.54, 1.807) is 30.5 Å². The van der Waals surface area contributed by atoms with E-state index >= 15 is 0 Å². The smallest absolute Gasteiger partial charge is 0.344 e. The summed E-state index contributed by atoms with van der Waals surface area (Å²) in [7, 11) is 0. The molecule has 0 spiro atoms. The van der Waals surface area contributed by atoms with Crippen molar-refractivity contribution >= 4 is 18.1 Å². The van der Waals surface area contributed by atoms with Gasteiger partial charge in [-0.3, -0.25) is 0 Å². The molecule has 2 N–H and O–H groups in total. The van der Waals surface area contributed by atoms with Crippen molar-refractivity contribution in [3.63, 3.8) is 0 Å². The van der Waals surface area contributed by atoms with E-state index in [-0.39, 0.29) is 0 Å². The third-order valence-electron chi connectivity index (χ3n) is 2.90. The fraction of sp³-hybridized carbons (Fsp3) is 0.250. The molecule has 0 amide bonds. The van der Waals surface area contributed by atoms with Crippen LogP contribution in [0.15, 0.2) is 35.4 Å². The lowest BCUT2D eigenvalue weighted by molar-refractivity contribution is -0.144. The number of carbonyl (C=O) groups is 1. The van der Waals surface area contributed by atoms with Crippen molar-refractivity contribution in [2.75, 3.05) is 5.43 Å². The van der Waals surface area contributed by atoms with Crippen LogP contribution in [-0.4, -0.2) is 33.4 Å². The van der Waals surface area contributed by atoms with Gasteiger partial charge < -0.3 is 9.84 Å². The van der Waals surface area contributed by atoms with E-state index in [4.69, 9.17) is 9.84 Å². The Labute approximate surface area is 134 Å². The molecule has 0 aliphatic carbocycles. The third kappa shape index (κ3) is 5.06. The van der Waals surface area contributed by atoms with Crippen molar-refractivity contribution in [3.8, 4) is 5.75 Å². The number of nitrogens with zero attached hydrogens (tertiary/aromatic N) is 3. The van der Waals surface area contributed by atoms with Crippen LogP contribution in [0.25, 0.3) is 0 Å². The van der Waals surface area contributed by atoms with E-state index in [0.29, 0.717) is 11.7 Å². The largest absolute Gasteiger partial charge is 0.479 e. The lowest BCUT2D eigenvalue weighted by Gasteiger charge is -2.09. The maximum atomic E-state index is 10.7. The number of rotatable bonds is 6. The second-order valence-electron chi connectivity index (χ2n) is 5.01. The van der Waals surface area contributed by atoms with Gasteiger partial charge in [0.05, 0.1) is 6.21 Å². The average molecular weight is 314 g/mol. The molecule has 0 aliphatic heterocycles. The van der Waals surface area contributed by atoms with E-state index in [9.17, 15) is 4.79 Å². The van der Waals surface area contributed by atoms with E-state index in [0.717, 1.165) is 17.0 Å². The number of carboxylic acid groups (broad SMARTS) is 1. The van der Waals surface area contributed by atoms with Crippen LogP contribution < -0.4 is 10.2 Å². The molecule has 0 radical (unpaired) electrons. The summed E-state index contributed by atoms with van der Waals surface area (Å²) in [6.45, 7) is 5.26. The SMILES string of the molecule is Cc1cc(C)nc(N/N=C/c2ccc(OC(C)C(=O)O)cc2)n1. The van der Waals surface area contributed by atoms with Crippen LogP contribution in [-0.2, 0) is 4.79 Å². The zero-order chi connectivity index (χ0) is 16.8. The van der Waals surface area contributed by atoms with Gasteiger partial charge in [0, 0.05) is 11.4 Å². The zero-order valence-electron chi connectivity index (χ0n) is 13.1. The van der Waals surface area contributed by atoms with Gasteiger partial charge >= 0.3 is 5.97 Å². The average Bonchev–Trinajstić information content (AvgIpc) is 2.48. The van der Waals surface area contributed by atoms with Crippen LogP contribution in [0.2, 0.25) is 0 Å². The van der Waals surface area contributed by atoms with Gasteiger partial charge in [-0.15, -0.1) is 0 Å². The normalized spacial score (nSPS) is 12.1. The van der Waals surface area contributed by atoms with Gasteiger partial charge in [-0.25, -0.2) is 20.2 Å². The Hall–Kier alpha value is -2.96. The molecule has 120 valence electrons. The van der Waals surface area contributed by atoms with Gasteiger partial charge in [-0.1, -0.05) is 0 Å². The molecule has 2 aromatic rings. The Morgan fingerprint density at radius 2 is 1.87 bits per heavy atom. The number of anilines is 1. The van der Waals surface area contributed by atoms with Crippen molar-refractivity contribution in [1.82, 2.24) is 9.97 Å². The van der Waals surface area contributed by atoms with E-state index in [1.807, 2.05) is 19.9 Å². The third-order valence-corrected chi connectivity index (χ3v) is 2.90. The Kier molecular flexibility index (Phi) is 5.24. The number of ether oxygens (including phenoxy) is 1. The summed E-state index contributed by atoms with van der Waals surface area (Å²) in [6, 6.07) is 8.81. The van der Waals surface area contributed by atoms with Crippen molar-refractivity contribution in [2.24, 2.45) is 5.10 Å². The topological polar surface area (TPSA) is 96.7 Å². The van der Waals surface area contributed by atoms with Crippen LogP contribution in [0.5, 0.6) is 5.75 Å². The van der Waals surface area contributed by atoms with Gasteiger partial charge in [0.2, 0.25) is 5.95 Å². The molecule has 1 heterocycles. The Morgan fingerprint density at radius 3 is 2.43 bits per heavy atom. The number of aryl methyl sites for hydroxylation is 2. The lowest BCUT2D eigenvalue weighted by Crippen LogP contribution is -2.22. The first-order chi connectivity index (χ1) is 10.9. The summed E-state index contributed by atoms with van der Waals surface area (Å²) in [4.78, 5) is 19.2. The second-order valence-corrected chi connectivity index (χ2v) is 5.01. The minimum Gasteiger partial charge on any atom is -0.479 e. The van der Waals surface area contributed by atoms with Gasteiger partial charge in [0.15, 0.2) is 6.10 Å². The molecule has 1 atom stereocenters. The number of nitrogens with one attached hydrogen (secondary N) is 1. The highest BCUT2D eigenvalue weighted by atomic mass is 16.5. The fourth-order valence-electron chi connectivity index (χ4n) is 1.83. The molecule has 0 aliphatic rings. The van der Waals surface area contributed by atoms with Crippen LogP contribution in [0.1, 0.15) is 23.9 Å². The van der Waals surface area contributed by atoms with Gasteiger partial charge in [-0.2, -0.15) is 5.10 Å². The van der Waals surface area contributed by atoms with E-state index in [1.165, 1.54) is 6.92 Å². The molecule has 0 saturated heterocycles. The van der Waals surface area contributed by atoms with Gasteiger partial charge in [0.1, 0.15) is 5.75 Å². The van der Waals surface area contributed by atoms with Crippen molar-refractivity contribution < 1.29 is 14.6 Å². The highest BCUT2D eigenvalue weighted by Gasteiger charge is 2.11. The maximum Gasteiger partial charge on any atom is 0.344 e. The predicted molar refractivity (Wildman–Crippen MR) is 86.9 cm³/mol. The molecule has 1 aromatic carbocycles. The molecule has 0 saturated carbocycles. The van der Waals surface area contributed by atoms with Crippen LogP contribution in [0.3, 0.4) is 0 Å². The number of aromatic nitrogens is 2. The summed E-state index contributed by atoms with van der Waals surface area (Å²) < 4.78 is 5.25. The monoisotopic (exact) mass is 314 g/mol. The van der Waals surface area contributed by atoms with Gasteiger partial charge in [0.25, 0.3) is 0 Å². The number of benzene rings is 1. The van der Waals surface area contributed by atoms with E-state index < -0.39 is 12.1 Å². The highest BCUT2D eigenvalue weighted by Crippen LogP contribution is 2.13. The lowest BCUT2D eigenvalue weighted by atomic mass is 10.2. The highest BCUT2D eigenvalue weighted by molar-refractivity contribution is 5.80. The molecule has 7 heteroatoms. The molecular weight excluding hydrogens is 296 g/mol. The molecule has 0 fully saturated rings. The van der Waals surface area contributed by atoms with Crippen molar-refractivity contribution in [3.05, 3.63) is 47.3 Å². The molecule has 23 heavy (non-hydrogen) atoms. The Balaban J connectivity index is 1.96. The van der Waals surface area contributed by atoms with Crippen LogP contribution >= 0.6 is 0 Å². The zero-order valence-corrected chi connectivity index (χ0v) is 13.1. The quantitative estimate of drug-likeness (QED) is 0.628. The number of hydrazone groups is 1. The number of hydrogen-bond donors (Lipinski definition) is 2. The Morgan fingerprint density at radius 1 is 1.26 bits per heavy atom. The summed E-state index contributed by atoms with van der Waals surface area (Å²) in [5.41, 5.74) is 5.34. The summed E-state index contributed by atoms with van der Waals surface area (Å²) >= 11 is 0. The van der Waals surface area contributed by atoms with Crippen LogP contribution in [0.4, 0.5) is 5.95 Å². The molecule has 1 aromatic heterocycles.